The number of anilines is 1. The van der Waals surface area contributed by atoms with Crippen molar-refractivity contribution in [2.75, 3.05) is 19.1 Å². The number of aryl methyl sites for hydroxylation is 1. The summed E-state index contributed by atoms with van der Waals surface area (Å²) < 4.78 is 7.15. The monoisotopic (exact) mass is 283 g/mol. The molecule has 0 spiro atoms. The Morgan fingerprint density at radius 1 is 1.24 bits per heavy atom. The van der Waals surface area contributed by atoms with Gasteiger partial charge in [0.15, 0.2) is 5.65 Å². The molecule has 0 saturated carbocycles. The van der Waals surface area contributed by atoms with Crippen molar-refractivity contribution in [1.82, 2.24) is 19.7 Å². The standard InChI is InChI=1S/C15H17N5O/c1-19(9-11-6-4-5-7-13(11)21-3)14-12-8-18-20(2)15(12)17-10-16-14/h4-8,10H,9H2,1-3H3. The molecule has 0 radical (unpaired) electrons. The highest BCUT2D eigenvalue weighted by Crippen LogP contribution is 2.25. The predicted octanol–water partition coefficient (Wildman–Crippen LogP) is 2.01. The number of rotatable bonds is 4. The van der Waals surface area contributed by atoms with E-state index in [0.29, 0.717) is 6.54 Å². The summed E-state index contributed by atoms with van der Waals surface area (Å²) in [6.07, 6.45) is 3.36. The van der Waals surface area contributed by atoms with Crippen molar-refractivity contribution in [3.63, 3.8) is 0 Å². The minimum absolute atomic E-state index is 0.699. The van der Waals surface area contributed by atoms with Crippen LogP contribution in [-0.4, -0.2) is 33.9 Å². The fourth-order valence-corrected chi connectivity index (χ4v) is 2.42. The Morgan fingerprint density at radius 2 is 2.05 bits per heavy atom. The first kappa shape index (κ1) is 13.4. The molecule has 0 bridgehead atoms. The third-order valence-corrected chi connectivity index (χ3v) is 3.47. The van der Waals surface area contributed by atoms with E-state index in [0.717, 1.165) is 28.2 Å². The highest BCUT2D eigenvalue weighted by molar-refractivity contribution is 5.86. The molecule has 0 atom stereocenters. The Morgan fingerprint density at radius 3 is 2.86 bits per heavy atom. The van der Waals surface area contributed by atoms with E-state index in [9.17, 15) is 0 Å². The lowest BCUT2D eigenvalue weighted by molar-refractivity contribution is 0.409. The van der Waals surface area contributed by atoms with Crippen molar-refractivity contribution >= 4 is 16.9 Å². The van der Waals surface area contributed by atoms with Crippen LogP contribution in [0.5, 0.6) is 5.75 Å². The van der Waals surface area contributed by atoms with Crippen molar-refractivity contribution in [2.45, 2.75) is 6.54 Å². The van der Waals surface area contributed by atoms with E-state index in [1.54, 1.807) is 24.3 Å². The largest absolute Gasteiger partial charge is 0.496 e. The molecule has 6 heteroatoms. The van der Waals surface area contributed by atoms with Gasteiger partial charge in [-0.05, 0) is 6.07 Å². The van der Waals surface area contributed by atoms with Gasteiger partial charge in [0.1, 0.15) is 17.9 Å². The van der Waals surface area contributed by atoms with Gasteiger partial charge in [-0.25, -0.2) is 9.97 Å². The number of hydrogen-bond acceptors (Lipinski definition) is 5. The van der Waals surface area contributed by atoms with Crippen molar-refractivity contribution in [3.05, 3.63) is 42.4 Å². The topological polar surface area (TPSA) is 56.1 Å². The first-order valence-corrected chi connectivity index (χ1v) is 6.66. The molecule has 0 aliphatic carbocycles. The zero-order chi connectivity index (χ0) is 14.8. The summed E-state index contributed by atoms with van der Waals surface area (Å²) in [6.45, 7) is 0.699. The lowest BCUT2D eigenvalue weighted by Crippen LogP contribution is -2.18. The summed E-state index contributed by atoms with van der Waals surface area (Å²) in [7, 11) is 5.56. The van der Waals surface area contributed by atoms with E-state index in [1.165, 1.54) is 0 Å². The van der Waals surface area contributed by atoms with Gasteiger partial charge >= 0.3 is 0 Å². The maximum absolute atomic E-state index is 5.40. The molecule has 21 heavy (non-hydrogen) atoms. The number of nitrogens with zero attached hydrogens (tertiary/aromatic N) is 5. The maximum Gasteiger partial charge on any atom is 0.163 e. The Balaban J connectivity index is 1.95. The average molecular weight is 283 g/mol. The summed E-state index contributed by atoms with van der Waals surface area (Å²) in [4.78, 5) is 10.7. The van der Waals surface area contributed by atoms with Crippen LogP contribution in [0.15, 0.2) is 36.8 Å². The van der Waals surface area contributed by atoms with E-state index in [1.807, 2.05) is 32.3 Å². The highest BCUT2D eigenvalue weighted by Gasteiger charge is 2.13. The smallest absolute Gasteiger partial charge is 0.163 e. The molecule has 1 aromatic carbocycles. The van der Waals surface area contributed by atoms with Gasteiger partial charge in [-0.15, -0.1) is 0 Å². The second-order valence-electron chi connectivity index (χ2n) is 4.87. The van der Waals surface area contributed by atoms with Crippen molar-refractivity contribution in [3.8, 4) is 5.75 Å². The SMILES string of the molecule is COc1ccccc1CN(C)c1ncnc2c1cnn2C. The van der Waals surface area contributed by atoms with Crippen molar-refractivity contribution in [1.29, 1.82) is 0 Å². The molecular weight excluding hydrogens is 266 g/mol. The molecule has 0 saturated heterocycles. The lowest BCUT2D eigenvalue weighted by atomic mass is 10.2. The van der Waals surface area contributed by atoms with Crippen LogP contribution in [0, 0.1) is 0 Å². The first-order chi connectivity index (χ1) is 10.2. The molecule has 0 aliphatic rings. The third-order valence-electron chi connectivity index (χ3n) is 3.47. The Labute approximate surface area is 123 Å². The number of aromatic nitrogens is 4. The predicted molar refractivity (Wildman–Crippen MR) is 81.4 cm³/mol. The van der Waals surface area contributed by atoms with Crippen molar-refractivity contribution < 1.29 is 4.74 Å². The second-order valence-corrected chi connectivity index (χ2v) is 4.87. The van der Waals surface area contributed by atoms with Gasteiger partial charge in [0.05, 0.1) is 18.7 Å². The first-order valence-electron chi connectivity index (χ1n) is 6.66. The number of fused-ring (bicyclic) bond motifs is 1. The molecule has 6 nitrogen and oxygen atoms in total. The molecule has 108 valence electrons. The molecule has 0 unspecified atom stereocenters. The Bertz CT molecular complexity index is 768. The number of para-hydroxylation sites is 1. The molecule has 0 amide bonds. The Kier molecular flexibility index (Phi) is 3.43. The molecule has 0 N–H and O–H groups in total. The summed E-state index contributed by atoms with van der Waals surface area (Å²) in [5, 5.41) is 5.18. The summed E-state index contributed by atoms with van der Waals surface area (Å²) in [5.41, 5.74) is 1.94. The zero-order valence-corrected chi connectivity index (χ0v) is 12.3. The zero-order valence-electron chi connectivity index (χ0n) is 12.3. The number of ether oxygens (including phenoxy) is 1. The van der Waals surface area contributed by atoms with Crippen LogP contribution in [0.3, 0.4) is 0 Å². The van der Waals surface area contributed by atoms with Gasteiger partial charge in [0, 0.05) is 26.2 Å². The average Bonchev–Trinajstić information content (AvgIpc) is 2.89. The van der Waals surface area contributed by atoms with Crippen LogP contribution in [0.1, 0.15) is 5.56 Å². The minimum atomic E-state index is 0.699. The van der Waals surface area contributed by atoms with Crippen LogP contribution < -0.4 is 9.64 Å². The number of methoxy groups -OCH3 is 1. The van der Waals surface area contributed by atoms with Crippen LogP contribution in [0.4, 0.5) is 5.82 Å². The molecule has 0 fully saturated rings. The lowest BCUT2D eigenvalue weighted by Gasteiger charge is -2.20. The van der Waals surface area contributed by atoms with Crippen LogP contribution in [0.25, 0.3) is 11.0 Å². The molecular formula is C15H17N5O. The molecule has 2 heterocycles. The van der Waals surface area contributed by atoms with Crippen molar-refractivity contribution in [2.24, 2.45) is 7.05 Å². The maximum atomic E-state index is 5.40. The van der Waals surface area contributed by atoms with E-state index in [2.05, 4.69) is 26.0 Å². The third kappa shape index (κ3) is 2.40. The van der Waals surface area contributed by atoms with Crippen LogP contribution in [-0.2, 0) is 13.6 Å². The fourth-order valence-electron chi connectivity index (χ4n) is 2.42. The van der Waals surface area contributed by atoms with Gasteiger partial charge in [-0.1, -0.05) is 18.2 Å². The fraction of sp³-hybridized carbons (Fsp3) is 0.267. The van der Waals surface area contributed by atoms with E-state index >= 15 is 0 Å². The van der Waals surface area contributed by atoms with Gasteiger partial charge < -0.3 is 9.64 Å². The molecule has 2 aromatic heterocycles. The van der Waals surface area contributed by atoms with Crippen LogP contribution >= 0.6 is 0 Å². The van der Waals surface area contributed by atoms with E-state index < -0.39 is 0 Å². The highest BCUT2D eigenvalue weighted by atomic mass is 16.5. The van der Waals surface area contributed by atoms with Gasteiger partial charge in [-0.2, -0.15) is 5.10 Å². The Hall–Kier alpha value is -2.63. The van der Waals surface area contributed by atoms with Gasteiger partial charge in [0.2, 0.25) is 0 Å². The molecule has 3 rings (SSSR count). The number of hydrogen-bond donors (Lipinski definition) is 0. The summed E-state index contributed by atoms with van der Waals surface area (Å²) in [5.74, 6) is 1.74. The molecule has 3 aromatic rings. The summed E-state index contributed by atoms with van der Waals surface area (Å²) >= 11 is 0. The summed E-state index contributed by atoms with van der Waals surface area (Å²) in [6, 6.07) is 7.98. The van der Waals surface area contributed by atoms with E-state index in [-0.39, 0.29) is 0 Å². The normalized spacial score (nSPS) is 10.8. The van der Waals surface area contributed by atoms with Crippen LogP contribution in [0.2, 0.25) is 0 Å². The van der Waals surface area contributed by atoms with E-state index in [4.69, 9.17) is 4.74 Å². The quantitative estimate of drug-likeness (QED) is 0.733. The second kappa shape index (κ2) is 5.40. The van der Waals surface area contributed by atoms with Gasteiger partial charge in [0.25, 0.3) is 0 Å². The van der Waals surface area contributed by atoms with Gasteiger partial charge in [-0.3, -0.25) is 4.68 Å². The number of benzene rings is 1. The molecule has 0 aliphatic heterocycles. The minimum Gasteiger partial charge on any atom is -0.496 e.